The molecule has 2 aliphatic rings. The van der Waals surface area contributed by atoms with E-state index in [9.17, 15) is 18.0 Å². The fraction of sp³-hybridized carbons (Fsp3) is 0.250. The number of carbonyl (C=O) groups excluding carboxylic acids is 1. The van der Waals surface area contributed by atoms with Crippen LogP contribution in [0.4, 0.5) is 24.5 Å². The average molecular weight is 511 g/mol. The first-order valence-corrected chi connectivity index (χ1v) is 11.7. The predicted molar refractivity (Wildman–Crippen MR) is 133 cm³/mol. The second kappa shape index (κ2) is 9.72. The zero-order chi connectivity index (χ0) is 26.2. The monoisotopic (exact) mass is 510 g/mol. The van der Waals surface area contributed by atoms with Crippen molar-refractivity contribution >= 4 is 17.2 Å². The molecule has 0 saturated carbocycles. The number of para-hydroxylation sites is 2. The van der Waals surface area contributed by atoms with Gasteiger partial charge >= 0.3 is 6.36 Å². The summed E-state index contributed by atoms with van der Waals surface area (Å²) >= 11 is 0. The number of methoxy groups -OCH3 is 2. The maximum absolute atomic E-state index is 13.7. The highest BCUT2D eigenvalue weighted by Crippen LogP contribution is 2.45. The van der Waals surface area contributed by atoms with Crippen LogP contribution < -0.4 is 24.8 Å². The lowest BCUT2D eigenvalue weighted by atomic mass is 9.78. The molecular formula is C28H25F3N2O4. The molecule has 3 aromatic rings. The number of fused-ring (bicyclic) bond motifs is 1. The number of Topliss-reactive ketones (excluding diaryl/α,β-unsaturated/α-hetero) is 1. The van der Waals surface area contributed by atoms with E-state index in [-0.39, 0.29) is 23.9 Å². The first-order valence-electron chi connectivity index (χ1n) is 11.7. The van der Waals surface area contributed by atoms with Crippen LogP contribution in [-0.4, -0.2) is 26.4 Å². The van der Waals surface area contributed by atoms with Crippen molar-refractivity contribution in [3.05, 3.63) is 89.1 Å². The zero-order valence-corrected chi connectivity index (χ0v) is 20.2. The molecule has 0 aromatic heterocycles. The molecule has 0 unspecified atom stereocenters. The van der Waals surface area contributed by atoms with E-state index < -0.39 is 12.4 Å². The molecule has 0 bridgehead atoms. The Morgan fingerprint density at radius 3 is 2.19 bits per heavy atom. The summed E-state index contributed by atoms with van der Waals surface area (Å²) in [6.07, 6.45) is -3.93. The Labute approximate surface area is 212 Å². The quantitative estimate of drug-likeness (QED) is 0.404. The molecule has 1 heterocycles. The van der Waals surface area contributed by atoms with Crippen molar-refractivity contribution in [2.24, 2.45) is 0 Å². The SMILES string of the molecule is COc1ccc([C@@H]2CC(=O)C3=C(C2)Nc2ccccc2N[C@@H]3c2ccc(OC(F)(F)F)cc2)cc1OC. The minimum Gasteiger partial charge on any atom is -0.493 e. The Morgan fingerprint density at radius 1 is 0.838 bits per heavy atom. The van der Waals surface area contributed by atoms with Crippen molar-refractivity contribution in [2.45, 2.75) is 31.2 Å². The number of carbonyl (C=O) groups is 1. The first kappa shape index (κ1) is 24.5. The summed E-state index contributed by atoms with van der Waals surface area (Å²) in [5.41, 5.74) is 4.54. The van der Waals surface area contributed by atoms with Gasteiger partial charge in [-0.1, -0.05) is 30.3 Å². The average Bonchev–Trinajstić information content (AvgIpc) is 3.04. The number of anilines is 2. The number of alkyl halides is 3. The van der Waals surface area contributed by atoms with Gasteiger partial charge in [-0.3, -0.25) is 4.79 Å². The highest BCUT2D eigenvalue weighted by atomic mass is 19.4. The third kappa shape index (κ3) is 5.07. The van der Waals surface area contributed by atoms with Crippen molar-refractivity contribution in [3.8, 4) is 17.2 Å². The predicted octanol–water partition coefficient (Wildman–Crippen LogP) is 6.58. The molecule has 2 N–H and O–H groups in total. The normalized spacial score (nSPS) is 19.1. The maximum Gasteiger partial charge on any atom is 0.573 e. The smallest absolute Gasteiger partial charge is 0.493 e. The molecule has 0 amide bonds. The van der Waals surface area contributed by atoms with Crippen LogP contribution in [0.5, 0.6) is 17.2 Å². The number of ether oxygens (including phenoxy) is 3. The molecule has 37 heavy (non-hydrogen) atoms. The molecule has 1 aliphatic carbocycles. The second-order valence-electron chi connectivity index (χ2n) is 8.90. The fourth-order valence-electron chi connectivity index (χ4n) is 4.95. The largest absolute Gasteiger partial charge is 0.573 e. The number of rotatable bonds is 5. The van der Waals surface area contributed by atoms with E-state index in [1.165, 1.54) is 12.1 Å². The van der Waals surface area contributed by atoms with Gasteiger partial charge in [0, 0.05) is 17.7 Å². The van der Waals surface area contributed by atoms with Crippen LogP contribution in [0, 0.1) is 0 Å². The molecule has 5 rings (SSSR count). The highest BCUT2D eigenvalue weighted by Gasteiger charge is 2.36. The Morgan fingerprint density at radius 2 is 1.51 bits per heavy atom. The fourth-order valence-corrected chi connectivity index (χ4v) is 4.95. The van der Waals surface area contributed by atoms with Crippen LogP contribution in [0.2, 0.25) is 0 Å². The van der Waals surface area contributed by atoms with Gasteiger partial charge in [0.2, 0.25) is 0 Å². The van der Waals surface area contributed by atoms with Crippen molar-refractivity contribution in [3.63, 3.8) is 0 Å². The van der Waals surface area contributed by atoms with Crippen LogP contribution in [-0.2, 0) is 4.79 Å². The molecule has 192 valence electrons. The zero-order valence-electron chi connectivity index (χ0n) is 20.2. The Bertz CT molecular complexity index is 1350. The maximum atomic E-state index is 13.7. The molecule has 2 atom stereocenters. The lowest BCUT2D eigenvalue weighted by molar-refractivity contribution is -0.274. The second-order valence-corrected chi connectivity index (χ2v) is 8.90. The van der Waals surface area contributed by atoms with E-state index in [2.05, 4.69) is 15.4 Å². The number of benzene rings is 3. The molecule has 0 radical (unpaired) electrons. The number of ketones is 1. The van der Waals surface area contributed by atoms with Crippen molar-refractivity contribution < 1.29 is 32.2 Å². The molecule has 0 fully saturated rings. The van der Waals surface area contributed by atoms with Gasteiger partial charge in [-0.05, 0) is 59.9 Å². The molecule has 1 aliphatic heterocycles. The minimum absolute atomic E-state index is 0.0468. The van der Waals surface area contributed by atoms with Crippen molar-refractivity contribution in [1.82, 2.24) is 0 Å². The van der Waals surface area contributed by atoms with Gasteiger partial charge in [-0.15, -0.1) is 13.2 Å². The van der Waals surface area contributed by atoms with E-state index in [0.29, 0.717) is 29.1 Å². The third-order valence-corrected chi connectivity index (χ3v) is 6.63. The number of halogens is 3. The first-order chi connectivity index (χ1) is 17.8. The summed E-state index contributed by atoms with van der Waals surface area (Å²) in [6, 6.07) is 18.3. The summed E-state index contributed by atoms with van der Waals surface area (Å²) in [5.74, 6) is 0.742. The Hall–Kier alpha value is -4.14. The summed E-state index contributed by atoms with van der Waals surface area (Å²) in [6.45, 7) is 0. The molecule has 3 aromatic carbocycles. The summed E-state index contributed by atoms with van der Waals surface area (Å²) in [5, 5.41) is 6.87. The van der Waals surface area contributed by atoms with E-state index in [4.69, 9.17) is 9.47 Å². The number of hydrogen-bond acceptors (Lipinski definition) is 6. The van der Waals surface area contributed by atoms with Gasteiger partial charge in [-0.25, -0.2) is 0 Å². The lowest BCUT2D eigenvalue weighted by Gasteiger charge is -2.30. The van der Waals surface area contributed by atoms with Crippen molar-refractivity contribution in [1.29, 1.82) is 0 Å². The number of allylic oxidation sites excluding steroid dienone is 1. The Balaban J connectivity index is 1.53. The van der Waals surface area contributed by atoms with Gasteiger partial charge in [0.15, 0.2) is 17.3 Å². The summed E-state index contributed by atoms with van der Waals surface area (Å²) in [7, 11) is 3.14. The third-order valence-electron chi connectivity index (χ3n) is 6.63. The topological polar surface area (TPSA) is 68.8 Å². The molecule has 9 heteroatoms. The van der Waals surface area contributed by atoms with Crippen LogP contribution >= 0.6 is 0 Å². The summed E-state index contributed by atoms with van der Waals surface area (Å²) in [4.78, 5) is 13.7. The van der Waals surface area contributed by atoms with E-state index in [1.54, 1.807) is 26.4 Å². The van der Waals surface area contributed by atoms with Crippen molar-refractivity contribution in [2.75, 3.05) is 24.9 Å². The molecular weight excluding hydrogens is 485 g/mol. The summed E-state index contributed by atoms with van der Waals surface area (Å²) < 4.78 is 52.8. The van der Waals surface area contributed by atoms with Gasteiger partial charge < -0.3 is 24.8 Å². The van der Waals surface area contributed by atoms with Gasteiger partial charge in [0.1, 0.15) is 5.75 Å². The molecule has 0 saturated heterocycles. The number of hydrogen-bond donors (Lipinski definition) is 2. The minimum atomic E-state index is -4.78. The van der Waals surface area contributed by atoms with Crippen LogP contribution in [0.25, 0.3) is 0 Å². The Kier molecular flexibility index (Phi) is 6.45. The van der Waals surface area contributed by atoms with Gasteiger partial charge in [0.25, 0.3) is 0 Å². The molecule has 0 spiro atoms. The van der Waals surface area contributed by atoms with Gasteiger partial charge in [0.05, 0.1) is 31.6 Å². The van der Waals surface area contributed by atoms with Crippen LogP contribution in [0.3, 0.4) is 0 Å². The van der Waals surface area contributed by atoms with E-state index in [1.807, 2.05) is 42.5 Å². The number of nitrogens with one attached hydrogen (secondary N) is 2. The van der Waals surface area contributed by atoms with Gasteiger partial charge in [-0.2, -0.15) is 0 Å². The molecule has 6 nitrogen and oxygen atoms in total. The van der Waals surface area contributed by atoms with Crippen LogP contribution in [0.15, 0.2) is 78.0 Å². The van der Waals surface area contributed by atoms with E-state index >= 15 is 0 Å². The standard InChI is InChI=1S/C28H25F3N2O4/c1-35-24-12-9-17(15-25(24)36-2)18-13-22-26(23(34)14-18)27(33-21-6-4-3-5-20(21)32-22)16-7-10-19(11-8-16)37-28(29,30)31/h3-12,15,18,27,32-33H,13-14H2,1-2H3/t18-,27+/m0/s1. The lowest BCUT2D eigenvalue weighted by Crippen LogP contribution is -2.27. The highest BCUT2D eigenvalue weighted by molar-refractivity contribution is 6.01. The van der Waals surface area contributed by atoms with E-state index in [0.717, 1.165) is 22.6 Å². The van der Waals surface area contributed by atoms with Crippen LogP contribution in [0.1, 0.15) is 35.9 Å².